The number of amides is 1. The van der Waals surface area contributed by atoms with Crippen LogP contribution in [0.5, 0.6) is 0 Å². The number of fused-ring (bicyclic) bond motifs is 1. The molecule has 0 aliphatic heterocycles. The highest BCUT2D eigenvalue weighted by Crippen LogP contribution is 2.30. The maximum absolute atomic E-state index is 13.0. The van der Waals surface area contributed by atoms with Gasteiger partial charge in [-0.1, -0.05) is 0 Å². The minimum Gasteiger partial charge on any atom is -0.469 e. The van der Waals surface area contributed by atoms with Gasteiger partial charge in [0.25, 0.3) is 5.91 Å². The molecule has 1 atom stereocenters. The Morgan fingerprint density at radius 1 is 1.25 bits per heavy atom. The summed E-state index contributed by atoms with van der Waals surface area (Å²) < 4.78 is 20.0. The van der Waals surface area contributed by atoms with Crippen molar-refractivity contribution in [3.8, 4) is 5.69 Å². The van der Waals surface area contributed by atoms with E-state index in [1.807, 2.05) is 6.07 Å². The summed E-state index contributed by atoms with van der Waals surface area (Å²) in [6.45, 7) is 0. The van der Waals surface area contributed by atoms with Crippen molar-refractivity contribution in [1.29, 1.82) is 0 Å². The first-order valence-corrected chi connectivity index (χ1v) is 7.89. The summed E-state index contributed by atoms with van der Waals surface area (Å²) in [5.74, 6) is 0.412. The van der Waals surface area contributed by atoms with Crippen LogP contribution in [0.1, 0.15) is 40.7 Å². The molecule has 0 bridgehead atoms. The van der Waals surface area contributed by atoms with Crippen molar-refractivity contribution < 1.29 is 13.6 Å². The second kappa shape index (κ2) is 5.96. The van der Waals surface area contributed by atoms with E-state index in [0.717, 1.165) is 30.6 Å². The van der Waals surface area contributed by atoms with Gasteiger partial charge >= 0.3 is 0 Å². The van der Waals surface area contributed by atoms with Gasteiger partial charge in [0.15, 0.2) is 5.69 Å². The van der Waals surface area contributed by atoms with Crippen LogP contribution >= 0.6 is 0 Å². The summed E-state index contributed by atoms with van der Waals surface area (Å²) in [6.07, 6.45) is 6.13. The lowest BCUT2D eigenvalue weighted by molar-refractivity contribution is 0.0926. The van der Waals surface area contributed by atoms with Crippen LogP contribution in [-0.2, 0) is 6.42 Å². The van der Waals surface area contributed by atoms with E-state index < -0.39 is 0 Å². The number of furan rings is 1. The molecule has 0 fully saturated rings. The average molecular weight is 325 g/mol. The zero-order valence-corrected chi connectivity index (χ0v) is 12.9. The summed E-state index contributed by atoms with van der Waals surface area (Å²) in [5.41, 5.74) is 2.08. The van der Waals surface area contributed by atoms with Gasteiger partial charge in [0.05, 0.1) is 18.0 Å². The number of aryl methyl sites for hydroxylation is 1. The van der Waals surface area contributed by atoms with Crippen molar-refractivity contribution in [2.24, 2.45) is 0 Å². The molecule has 5 nitrogen and oxygen atoms in total. The molecule has 4 rings (SSSR count). The molecule has 0 radical (unpaired) electrons. The molecule has 2 heterocycles. The molecule has 0 saturated heterocycles. The van der Waals surface area contributed by atoms with Crippen LogP contribution in [0.4, 0.5) is 4.39 Å². The zero-order chi connectivity index (χ0) is 16.5. The molecule has 1 N–H and O–H groups in total. The number of nitrogens with one attached hydrogen (secondary N) is 1. The number of halogens is 1. The molecule has 0 saturated carbocycles. The van der Waals surface area contributed by atoms with Crippen molar-refractivity contribution in [1.82, 2.24) is 15.1 Å². The van der Waals surface area contributed by atoms with Crippen molar-refractivity contribution in [3.63, 3.8) is 0 Å². The maximum Gasteiger partial charge on any atom is 0.272 e. The summed E-state index contributed by atoms with van der Waals surface area (Å²) in [5, 5.41) is 7.29. The van der Waals surface area contributed by atoms with Crippen LogP contribution in [0.3, 0.4) is 0 Å². The highest BCUT2D eigenvalue weighted by atomic mass is 19.1. The molecule has 24 heavy (non-hydrogen) atoms. The highest BCUT2D eigenvalue weighted by molar-refractivity contribution is 5.92. The van der Waals surface area contributed by atoms with Gasteiger partial charge in [0.2, 0.25) is 0 Å². The quantitative estimate of drug-likeness (QED) is 0.803. The van der Waals surface area contributed by atoms with E-state index >= 15 is 0 Å². The molecule has 2 aromatic heterocycles. The monoisotopic (exact) mass is 325 g/mol. The minimum atomic E-state index is -0.308. The van der Waals surface area contributed by atoms with Crippen LogP contribution in [0.15, 0.2) is 53.3 Å². The van der Waals surface area contributed by atoms with Crippen LogP contribution in [0.2, 0.25) is 0 Å². The van der Waals surface area contributed by atoms with Crippen molar-refractivity contribution in [2.75, 3.05) is 0 Å². The van der Waals surface area contributed by atoms with Gasteiger partial charge in [-0.25, -0.2) is 9.07 Å². The van der Waals surface area contributed by atoms with Crippen molar-refractivity contribution in [3.05, 3.63) is 71.7 Å². The Labute approximate surface area is 138 Å². The van der Waals surface area contributed by atoms with Crippen LogP contribution in [-0.4, -0.2) is 15.7 Å². The predicted octanol–water partition coefficient (Wildman–Crippen LogP) is 3.41. The molecular weight excluding hydrogens is 309 g/mol. The van der Waals surface area contributed by atoms with Gasteiger partial charge < -0.3 is 9.73 Å². The summed E-state index contributed by atoms with van der Waals surface area (Å²) >= 11 is 0. The fraction of sp³-hybridized carbons (Fsp3) is 0.222. The molecule has 1 aromatic carbocycles. The fourth-order valence-corrected chi connectivity index (χ4v) is 3.05. The largest absolute Gasteiger partial charge is 0.469 e. The molecule has 1 aliphatic carbocycles. The van der Waals surface area contributed by atoms with Gasteiger partial charge in [-0.15, -0.1) is 0 Å². The Balaban J connectivity index is 1.51. The lowest BCUT2D eigenvalue weighted by Crippen LogP contribution is -2.30. The predicted molar refractivity (Wildman–Crippen MR) is 85.4 cm³/mol. The second-order valence-electron chi connectivity index (χ2n) is 5.84. The van der Waals surface area contributed by atoms with E-state index in [4.69, 9.17) is 4.42 Å². The normalized spacial score (nSPS) is 16.6. The Morgan fingerprint density at radius 3 is 2.92 bits per heavy atom. The van der Waals surface area contributed by atoms with Gasteiger partial charge in [-0.3, -0.25) is 4.79 Å². The first-order valence-electron chi connectivity index (χ1n) is 7.89. The highest BCUT2D eigenvalue weighted by Gasteiger charge is 2.25. The molecule has 1 amide bonds. The lowest BCUT2D eigenvalue weighted by atomic mass is 9.93. The van der Waals surface area contributed by atoms with Crippen LogP contribution < -0.4 is 5.32 Å². The van der Waals surface area contributed by atoms with Gasteiger partial charge in [-0.2, -0.15) is 5.10 Å². The van der Waals surface area contributed by atoms with E-state index in [2.05, 4.69) is 10.4 Å². The number of nitrogens with zero attached hydrogens (tertiary/aromatic N) is 2. The number of benzene rings is 1. The third-order valence-corrected chi connectivity index (χ3v) is 4.27. The number of carbonyl (C=O) groups is 1. The number of carbonyl (C=O) groups excluding carboxylic acids is 1. The zero-order valence-electron chi connectivity index (χ0n) is 12.9. The maximum atomic E-state index is 13.0. The number of hydrogen-bond acceptors (Lipinski definition) is 3. The number of aromatic nitrogens is 2. The lowest BCUT2D eigenvalue weighted by Gasteiger charge is -2.22. The molecule has 1 aliphatic rings. The first-order chi connectivity index (χ1) is 11.7. The average Bonchev–Trinajstić information content (AvgIpc) is 3.25. The standard InChI is InChI=1S/C18H16FN3O2/c19-12-4-6-13(7-5-12)22-10-8-16(21-22)18(23)20-15-2-1-3-17-14(15)9-11-24-17/h4-11,15H,1-3H2,(H,20,23). The Kier molecular flexibility index (Phi) is 3.65. The van der Waals surface area contributed by atoms with Gasteiger partial charge in [0.1, 0.15) is 11.6 Å². The number of rotatable bonds is 3. The van der Waals surface area contributed by atoms with Crippen molar-refractivity contribution in [2.45, 2.75) is 25.3 Å². The summed E-state index contributed by atoms with van der Waals surface area (Å²) in [7, 11) is 0. The Hall–Kier alpha value is -2.89. The van der Waals surface area contributed by atoms with E-state index in [9.17, 15) is 9.18 Å². The second-order valence-corrected chi connectivity index (χ2v) is 5.84. The van der Waals surface area contributed by atoms with Crippen molar-refractivity contribution >= 4 is 5.91 Å². The van der Waals surface area contributed by atoms with E-state index in [1.165, 1.54) is 12.1 Å². The number of hydrogen-bond donors (Lipinski definition) is 1. The SMILES string of the molecule is O=C(NC1CCCc2occc21)c1ccn(-c2ccc(F)cc2)n1. The summed E-state index contributed by atoms with van der Waals surface area (Å²) in [4.78, 5) is 12.5. The van der Waals surface area contributed by atoms with Gasteiger partial charge in [0, 0.05) is 18.2 Å². The van der Waals surface area contributed by atoms with Crippen LogP contribution in [0.25, 0.3) is 5.69 Å². The third-order valence-electron chi connectivity index (χ3n) is 4.27. The Morgan fingerprint density at radius 2 is 2.08 bits per heavy atom. The summed E-state index contributed by atoms with van der Waals surface area (Å²) in [6, 6.07) is 9.47. The van der Waals surface area contributed by atoms with Crippen LogP contribution in [0, 0.1) is 5.82 Å². The first kappa shape index (κ1) is 14.7. The van der Waals surface area contributed by atoms with Gasteiger partial charge in [-0.05, 0) is 49.2 Å². The molecule has 0 spiro atoms. The Bertz CT molecular complexity index is 867. The van der Waals surface area contributed by atoms with E-state index in [-0.39, 0.29) is 17.8 Å². The molecule has 6 heteroatoms. The smallest absolute Gasteiger partial charge is 0.272 e. The molecular formula is C18H16FN3O2. The van der Waals surface area contributed by atoms with E-state index in [0.29, 0.717) is 11.4 Å². The van der Waals surface area contributed by atoms with E-state index in [1.54, 1.807) is 35.3 Å². The topological polar surface area (TPSA) is 60.1 Å². The fourth-order valence-electron chi connectivity index (χ4n) is 3.05. The third kappa shape index (κ3) is 2.71. The molecule has 1 unspecified atom stereocenters. The molecule has 3 aromatic rings. The molecule has 122 valence electrons. The minimum absolute atomic E-state index is 0.0454.